The Morgan fingerprint density at radius 1 is 0.966 bits per heavy atom. The molecule has 6 heteroatoms. The third-order valence-corrected chi connectivity index (χ3v) is 5.77. The van der Waals surface area contributed by atoms with Crippen molar-refractivity contribution in [3.63, 3.8) is 0 Å². The highest BCUT2D eigenvalue weighted by molar-refractivity contribution is 7.11. The number of hydrogen-bond donors (Lipinski definition) is 1. The van der Waals surface area contributed by atoms with Crippen LogP contribution in [0.4, 0.5) is 11.4 Å². The lowest BCUT2D eigenvalue weighted by Crippen LogP contribution is -2.32. The Balaban J connectivity index is 1.78. The fourth-order valence-electron chi connectivity index (χ4n) is 3.18. The Morgan fingerprint density at radius 3 is 2.34 bits per heavy atom. The molecule has 1 aromatic heterocycles. The first-order chi connectivity index (χ1) is 14.0. The second-order valence-electron chi connectivity index (χ2n) is 6.76. The van der Waals surface area contributed by atoms with Gasteiger partial charge in [0.2, 0.25) is 0 Å². The lowest BCUT2D eigenvalue weighted by atomic mass is 10.1. The zero-order valence-corrected chi connectivity index (χ0v) is 16.7. The van der Waals surface area contributed by atoms with Crippen LogP contribution in [0, 0.1) is 25.2 Å². The van der Waals surface area contributed by atoms with E-state index >= 15 is 0 Å². The first kappa shape index (κ1) is 18.7. The summed E-state index contributed by atoms with van der Waals surface area (Å²) in [6, 6.07) is 17.9. The molecule has 0 unspecified atom stereocenters. The minimum Gasteiger partial charge on any atom is -0.350 e. The zero-order valence-electron chi connectivity index (χ0n) is 15.9. The molecule has 0 saturated carbocycles. The lowest BCUT2D eigenvalue weighted by molar-refractivity contribution is -0.120. The number of carbonyl (C=O) groups is 2. The number of carbonyl (C=O) groups excluding carboxylic acids is 2. The summed E-state index contributed by atoms with van der Waals surface area (Å²) in [4.78, 5) is 28.4. The van der Waals surface area contributed by atoms with E-state index in [1.807, 2.05) is 55.6 Å². The quantitative estimate of drug-likeness (QED) is 0.649. The molecule has 0 fully saturated rings. The van der Waals surface area contributed by atoms with Gasteiger partial charge in [-0.15, -0.1) is 11.3 Å². The molecule has 0 spiro atoms. The molecule has 1 N–H and O–H groups in total. The zero-order chi connectivity index (χ0) is 20.5. The summed E-state index contributed by atoms with van der Waals surface area (Å²) in [5.74, 6) is -0.796. The maximum Gasteiger partial charge on any atom is 0.282 e. The molecule has 142 valence electrons. The molecule has 1 aliphatic rings. The third-order valence-electron chi connectivity index (χ3n) is 4.88. The van der Waals surface area contributed by atoms with Crippen molar-refractivity contribution in [1.82, 2.24) is 0 Å². The molecule has 0 saturated heterocycles. The van der Waals surface area contributed by atoms with Crippen molar-refractivity contribution in [1.29, 1.82) is 5.26 Å². The number of nitriles is 1. The predicted octanol–water partition coefficient (Wildman–Crippen LogP) is 4.63. The molecule has 0 bridgehead atoms. The largest absolute Gasteiger partial charge is 0.350 e. The van der Waals surface area contributed by atoms with Gasteiger partial charge in [-0.05, 0) is 72.8 Å². The predicted molar refractivity (Wildman–Crippen MR) is 114 cm³/mol. The topological polar surface area (TPSA) is 73.2 Å². The maximum absolute atomic E-state index is 13.3. The number of aryl methyl sites for hydroxylation is 2. The van der Waals surface area contributed by atoms with Gasteiger partial charge in [-0.1, -0.05) is 12.1 Å². The summed E-state index contributed by atoms with van der Waals surface area (Å²) < 4.78 is 0. The van der Waals surface area contributed by atoms with E-state index in [-0.39, 0.29) is 11.6 Å². The van der Waals surface area contributed by atoms with Gasteiger partial charge in [0.1, 0.15) is 5.70 Å². The number of rotatable bonds is 4. The van der Waals surface area contributed by atoms with E-state index in [4.69, 9.17) is 5.26 Å². The summed E-state index contributed by atoms with van der Waals surface area (Å²) in [5.41, 5.74) is 4.50. The minimum absolute atomic E-state index is 0.255. The number of thiophene rings is 1. The Kier molecular flexibility index (Phi) is 4.75. The number of anilines is 2. The standard InChI is InChI=1S/C23H17N3O2S/c1-14-5-8-17(12-15(14)2)25-21-20(19-4-3-11-29-19)22(27)26(23(21)28)18-9-6-16(13-24)7-10-18/h3-12,25H,1-2H3. The van der Waals surface area contributed by atoms with Gasteiger partial charge in [-0.2, -0.15) is 5.26 Å². The molecular weight excluding hydrogens is 382 g/mol. The van der Waals surface area contributed by atoms with E-state index in [1.165, 1.54) is 11.3 Å². The Morgan fingerprint density at radius 2 is 1.72 bits per heavy atom. The van der Waals surface area contributed by atoms with Crippen molar-refractivity contribution in [2.75, 3.05) is 10.2 Å². The van der Waals surface area contributed by atoms with E-state index < -0.39 is 5.91 Å². The van der Waals surface area contributed by atoms with Gasteiger partial charge >= 0.3 is 0 Å². The van der Waals surface area contributed by atoms with Gasteiger partial charge in [-0.25, -0.2) is 4.90 Å². The van der Waals surface area contributed by atoms with Gasteiger partial charge in [0.25, 0.3) is 11.8 Å². The van der Waals surface area contributed by atoms with Crippen LogP contribution in [0.2, 0.25) is 0 Å². The SMILES string of the molecule is Cc1ccc(NC2=C(c3cccs3)C(=O)N(c3ccc(C#N)cc3)C2=O)cc1C. The van der Waals surface area contributed by atoms with Gasteiger partial charge in [0, 0.05) is 10.6 Å². The third kappa shape index (κ3) is 3.33. The number of hydrogen-bond acceptors (Lipinski definition) is 5. The van der Waals surface area contributed by atoms with E-state index in [9.17, 15) is 9.59 Å². The van der Waals surface area contributed by atoms with E-state index in [2.05, 4.69) is 5.32 Å². The van der Waals surface area contributed by atoms with Crippen LogP contribution < -0.4 is 10.2 Å². The van der Waals surface area contributed by atoms with Crippen molar-refractivity contribution >= 4 is 40.1 Å². The monoisotopic (exact) mass is 399 g/mol. The summed E-state index contributed by atoms with van der Waals surface area (Å²) >= 11 is 1.41. The van der Waals surface area contributed by atoms with Crippen LogP contribution in [0.15, 0.2) is 65.7 Å². The van der Waals surface area contributed by atoms with Crippen LogP contribution in [0.3, 0.4) is 0 Å². The fourth-order valence-corrected chi connectivity index (χ4v) is 3.95. The normalized spacial score (nSPS) is 13.8. The molecule has 2 heterocycles. The molecule has 2 aromatic carbocycles. The average molecular weight is 399 g/mol. The van der Waals surface area contributed by atoms with Crippen molar-refractivity contribution in [3.05, 3.63) is 87.2 Å². The number of amides is 2. The Bertz CT molecular complexity index is 1190. The highest BCUT2D eigenvalue weighted by Crippen LogP contribution is 2.35. The molecule has 3 aromatic rings. The van der Waals surface area contributed by atoms with Crippen LogP contribution >= 0.6 is 11.3 Å². The molecule has 5 nitrogen and oxygen atoms in total. The Labute approximate surface area is 172 Å². The molecule has 0 atom stereocenters. The highest BCUT2D eigenvalue weighted by Gasteiger charge is 2.40. The molecule has 0 radical (unpaired) electrons. The summed E-state index contributed by atoms with van der Waals surface area (Å²) in [6.07, 6.45) is 0. The van der Waals surface area contributed by atoms with E-state index in [0.717, 1.165) is 26.6 Å². The number of nitrogens with zero attached hydrogens (tertiary/aromatic N) is 2. The smallest absolute Gasteiger partial charge is 0.282 e. The minimum atomic E-state index is -0.415. The van der Waals surface area contributed by atoms with E-state index in [1.54, 1.807) is 24.3 Å². The van der Waals surface area contributed by atoms with Crippen LogP contribution in [0.5, 0.6) is 0 Å². The van der Waals surface area contributed by atoms with Gasteiger partial charge < -0.3 is 5.32 Å². The van der Waals surface area contributed by atoms with Gasteiger partial charge in [0.05, 0.1) is 22.9 Å². The summed E-state index contributed by atoms with van der Waals surface area (Å²) in [7, 11) is 0. The van der Waals surface area contributed by atoms with Crippen molar-refractivity contribution in [2.45, 2.75) is 13.8 Å². The van der Waals surface area contributed by atoms with Crippen molar-refractivity contribution in [2.24, 2.45) is 0 Å². The summed E-state index contributed by atoms with van der Waals surface area (Å²) in [5, 5.41) is 14.0. The lowest BCUT2D eigenvalue weighted by Gasteiger charge is -2.15. The second-order valence-corrected chi connectivity index (χ2v) is 7.70. The molecule has 1 aliphatic heterocycles. The maximum atomic E-state index is 13.3. The highest BCUT2D eigenvalue weighted by atomic mass is 32.1. The van der Waals surface area contributed by atoms with Crippen LogP contribution in [-0.4, -0.2) is 11.8 Å². The average Bonchev–Trinajstić information content (AvgIpc) is 3.32. The van der Waals surface area contributed by atoms with Crippen LogP contribution in [-0.2, 0) is 9.59 Å². The number of benzene rings is 2. The Hall–Kier alpha value is -3.69. The molecular formula is C23H17N3O2S. The van der Waals surface area contributed by atoms with Crippen LogP contribution in [0.1, 0.15) is 21.6 Å². The van der Waals surface area contributed by atoms with Crippen molar-refractivity contribution < 1.29 is 9.59 Å². The second kappa shape index (κ2) is 7.38. The number of nitrogens with one attached hydrogen (secondary N) is 1. The fraction of sp³-hybridized carbons (Fsp3) is 0.0870. The molecule has 29 heavy (non-hydrogen) atoms. The first-order valence-corrected chi connectivity index (χ1v) is 9.89. The van der Waals surface area contributed by atoms with Crippen molar-refractivity contribution in [3.8, 4) is 6.07 Å². The van der Waals surface area contributed by atoms with Gasteiger partial charge in [0.15, 0.2) is 0 Å². The van der Waals surface area contributed by atoms with E-state index in [0.29, 0.717) is 16.8 Å². The van der Waals surface area contributed by atoms with Crippen LogP contribution in [0.25, 0.3) is 5.57 Å². The summed E-state index contributed by atoms with van der Waals surface area (Å²) in [6.45, 7) is 4.02. The first-order valence-electron chi connectivity index (χ1n) is 9.01. The molecule has 0 aliphatic carbocycles. The van der Waals surface area contributed by atoms with Gasteiger partial charge in [-0.3, -0.25) is 9.59 Å². The molecule has 4 rings (SSSR count). The molecule has 2 amide bonds. The number of imide groups is 1.